The van der Waals surface area contributed by atoms with E-state index >= 15 is 0 Å². The second-order valence-corrected chi connectivity index (χ2v) is 7.51. The Hall–Kier alpha value is -3.67. The van der Waals surface area contributed by atoms with Crippen LogP contribution in [0.4, 0.5) is 0 Å². The predicted octanol–water partition coefficient (Wildman–Crippen LogP) is 5.04. The quantitative estimate of drug-likeness (QED) is 0.631. The lowest BCUT2D eigenvalue weighted by molar-refractivity contribution is -0.0209. The van der Waals surface area contributed by atoms with Gasteiger partial charge in [-0.25, -0.2) is 5.01 Å². The first-order valence-corrected chi connectivity index (χ1v) is 10.4. The van der Waals surface area contributed by atoms with E-state index in [2.05, 4.69) is 0 Å². The molecule has 0 fully saturated rings. The van der Waals surface area contributed by atoms with Gasteiger partial charge in [0.2, 0.25) is 6.23 Å². The largest absolute Gasteiger partial charge is 0.507 e. The SMILES string of the molecule is CCOc1ccc(C2Oc3c(OC)cccc3C3CC(c4ccccc4O)=NN32)cc1. The minimum Gasteiger partial charge on any atom is -0.507 e. The molecule has 0 aromatic heterocycles. The maximum atomic E-state index is 10.4. The summed E-state index contributed by atoms with van der Waals surface area (Å²) in [4.78, 5) is 0. The fourth-order valence-electron chi connectivity index (χ4n) is 4.24. The molecule has 1 N–H and O–H groups in total. The molecule has 2 aliphatic rings. The van der Waals surface area contributed by atoms with Crippen molar-refractivity contribution < 1.29 is 19.3 Å². The molecule has 2 heterocycles. The van der Waals surface area contributed by atoms with Crippen molar-refractivity contribution in [2.45, 2.75) is 25.6 Å². The Labute approximate surface area is 181 Å². The summed E-state index contributed by atoms with van der Waals surface area (Å²) in [5, 5.41) is 17.3. The molecule has 2 aliphatic heterocycles. The van der Waals surface area contributed by atoms with E-state index < -0.39 is 6.23 Å². The molecule has 0 saturated carbocycles. The molecule has 6 nitrogen and oxygen atoms in total. The Morgan fingerprint density at radius 2 is 1.87 bits per heavy atom. The molecule has 0 saturated heterocycles. The van der Waals surface area contributed by atoms with Crippen LogP contribution in [0.15, 0.2) is 71.8 Å². The van der Waals surface area contributed by atoms with Crippen LogP contribution in [-0.4, -0.2) is 29.5 Å². The first-order chi connectivity index (χ1) is 15.2. The van der Waals surface area contributed by atoms with Crippen molar-refractivity contribution in [3.8, 4) is 23.0 Å². The molecule has 2 atom stereocenters. The first kappa shape index (κ1) is 19.3. The molecule has 2 unspecified atom stereocenters. The van der Waals surface area contributed by atoms with Crippen LogP contribution < -0.4 is 14.2 Å². The summed E-state index contributed by atoms with van der Waals surface area (Å²) in [6, 6.07) is 21.1. The summed E-state index contributed by atoms with van der Waals surface area (Å²) < 4.78 is 17.6. The van der Waals surface area contributed by atoms with E-state index in [1.165, 1.54) is 0 Å². The van der Waals surface area contributed by atoms with E-state index in [9.17, 15) is 5.11 Å². The van der Waals surface area contributed by atoms with Crippen molar-refractivity contribution in [1.29, 1.82) is 0 Å². The van der Waals surface area contributed by atoms with Gasteiger partial charge in [-0.3, -0.25) is 0 Å². The Bertz CT molecular complexity index is 1130. The van der Waals surface area contributed by atoms with Crippen molar-refractivity contribution >= 4 is 5.71 Å². The van der Waals surface area contributed by atoms with Gasteiger partial charge in [0.1, 0.15) is 11.5 Å². The minimum absolute atomic E-state index is 0.0231. The first-order valence-electron chi connectivity index (χ1n) is 10.4. The van der Waals surface area contributed by atoms with Crippen LogP contribution in [0.2, 0.25) is 0 Å². The van der Waals surface area contributed by atoms with Gasteiger partial charge >= 0.3 is 0 Å². The van der Waals surface area contributed by atoms with Gasteiger partial charge in [0.25, 0.3) is 0 Å². The molecule has 6 heteroatoms. The van der Waals surface area contributed by atoms with Crippen molar-refractivity contribution in [2.75, 3.05) is 13.7 Å². The number of benzene rings is 3. The van der Waals surface area contributed by atoms with Gasteiger partial charge < -0.3 is 19.3 Å². The summed E-state index contributed by atoms with van der Waals surface area (Å²) in [5.41, 5.74) is 3.56. The lowest BCUT2D eigenvalue weighted by Crippen LogP contribution is -2.33. The van der Waals surface area contributed by atoms with Gasteiger partial charge in [0.15, 0.2) is 11.5 Å². The lowest BCUT2D eigenvalue weighted by atomic mass is 9.95. The summed E-state index contributed by atoms with van der Waals surface area (Å²) >= 11 is 0. The van der Waals surface area contributed by atoms with Crippen LogP contribution in [-0.2, 0) is 0 Å². The molecular formula is C25H24N2O4. The molecule has 0 aliphatic carbocycles. The number of hydrogen-bond donors (Lipinski definition) is 1. The fraction of sp³-hybridized carbons (Fsp3) is 0.240. The Morgan fingerprint density at radius 1 is 1.06 bits per heavy atom. The van der Waals surface area contributed by atoms with Crippen LogP contribution in [0, 0.1) is 0 Å². The summed E-state index contributed by atoms with van der Waals surface area (Å²) in [6.45, 7) is 2.58. The third-order valence-electron chi connectivity index (χ3n) is 5.69. The Kier molecular flexibility index (Phi) is 4.90. The van der Waals surface area contributed by atoms with Gasteiger partial charge in [-0.15, -0.1) is 0 Å². The van der Waals surface area contributed by atoms with Crippen LogP contribution in [0.1, 0.15) is 42.3 Å². The number of hydrazone groups is 1. The van der Waals surface area contributed by atoms with E-state index in [1.807, 2.05) is 72.6 Å². The Morgan fingerprint density at radius 3 is 2.61 bits per heavy atom. The third-order valence-corrected chi connectivity index (χ3v) is 5.69. The summed E-state index contributed by atoms with van der Waals surface area (Å²) in [7, 11) is 1.65. The molecule has 0 bridgehead atoms. The highest BCUT2D eigenvalue weighted by atomic mass is 16.5. The van der Waals surface area contributed by atoms with Crippen molar-refractivity contribution in [3.63, 3.8) is 0 Å². The number of para-hydroxylation sites is 2. The molecule has 5 rings (SSSR count). The van der Waals surface area contributed by atoms with Gasteiger partial charge in [0, 0.05) is 23.1 Å². The van der Waals surface area contributed by atoms with Crippen molar-refractivity contribution in [2.24, 2.45) is 5.10 Å². The zero-order chi connectivity index (χ0) is 21.4. The Balaban J connectivity index is 1.59. The molecule has 3 aromatic carbocycles. The van der Waals surface area contributed by atoms with Crippen LogP contribution in [0.3, 0.4) is 0 Å². The highest BCUT2D eigenvalue weighted by Crippen LogP contribution is 2.51. The molecule has 158 valence electrons. The fourth-order valence-corrected chi connectivity index (χ4v) is 4.24. The van der Waals surface area contributed by atoms with Gasteiger partial charge in [-0.1, -0.05) is 24.3 Å². The highest BCUT2D eigenvalue weighted by molar-refractivity contribution is 6.04. The maximum absolute atomic E-state index is 10.4. The minimum atomic E-state index is -0.423. The normalized spacial score (nSPS) is 19.2. The summed E-state index contributed by atoms with van der Waals surface area (Å²) in [5.74, 6) is 2.48. The average Bonchev–Trinajstić information content (AvgIpc) is 3.25. The predicted molar refractivity (Wildman–Crippen MR) is 118 cm³/mol. The number of nitrogens with zero attached hydrogens (tertiary/aromatic N) is 2. The smallest absolute Gasteiger partial charge is 0.214 e. The number of fused-ring (bicyclic) bond motifs is 3. The topological polar surface area (TPSA) is 63.5 Å². The molecule has 0 amide bonds. The molecule has 3 aromatic rings. The monoisotopic (exact) mass is 416 g/mol. The van der Waals surface area contributed by atoms with Gasteiger partial charge in [-0.2, -0.15) is 5.10 Å². The molecule has 31 heavy (non-hydrogen) atoms. The summed E-state index contributed by atoms with van der Waals surface area (Å²) in [6.07, 6.45) is 0.238. The number of hydrogen-bond acceptors (Lipinski definition) is 6. The van der Waals surface area contributed by atoms with Crippen LogP contribution in [0.5, 0.6) is 23.0 Å². The number of methoxy groups -OCH3 is 1. The molecule has 0 radical (unpaired) electrons. The average molecular weight is 416 g/mol. The second kappa shape index (κ2) is 7.87. The number of rotatable bonds is 5. The highest BCUT2D eigenvalue weighted by Gasteiger charge is 2.42. The van der Waals surface area contributed by atoms with E-state index in [1.54, 1.807) is 13.2 Å². The van der Waals surface area contributed by atoms with Gasteiger partial charge in [-0.05, 0) is 49.4 Å². The number of phenolic OH excluding ortho intramolecular Hbond substituents is 1. The standard InChI is InChI=1S/C25H24N2O4/c1-3-30-17-13-11-16(12-14-17)25-27-21(19-8-6-10-23(29-2)24(19)31-25)15-20(26-27)18-7-4-5-9-22(18)28/h4-14,21,25,28H,3,15H2,1-2H3. The molecule has 0 spiro atoms. The lowest BCUT2D eigenvalue weighted by Gasteiger charge is -2.38. The number of phenols is 1. The van der Waals surface area contributed by atoms with E-state index in [-0.39, 0.29) is 11.8 Å². The number of aromatic hydroxyl groups is 1. The molecular weight excluding hydrogens is 392 g/mol. The van der Waals surface area contributed by atoms with Crippen molar-refractivity contribution in [1.82, 2.24) is 5.01 Å². The number of ether oxygens (including phenoxy) is 3. The second-order valence-electron chi connectivity index (χ2n) is 7.51. The van der Waals surface area contributed by atoms with E-state index in [0.717, 1.165) is 33.9 Å². The zero-order valence-electron chi connectivity index (χ0n) is 17.5. The third kappa shape index (κ3) is 3.34. The zero-order valence-corrected chi connectivity index (χ0v) is 17.5. The van der Waals surface area contributed by atoms with Gasteiger partial charge in [0.05, 0.1) is 25.5 Å². The van der Waals surface area contributed by atoms with Crippen LogP contribution >= 0.6 is 0 Å². The van der Waals surface area contributed by atoms with E-state index in [0.29, 0.717) is 18.8 Å². The van der Waals surface area contributed by atoms with Crippen molar-refractivity contribution in [3.05, 3.63) is 83.4 Å². The van der Waals surface area contributed by atoms with E-state index in [4.69, 9.17) is 19.3 Å². The van der Waals surface area contributed by atoms with Crippen LogP contribution in [0.25, 0.3) is 0 Å². The maximum Gasteiger partial charge on any atom is 0.214 e.